The van der Waals surface area contributed by atoms with Gasteiger partial charge in [-0.25, -0.2) is 0 Å². The Morgan fingerprint density at radius 3 is 2.09 bits per heavy atom. The van der Waals surface area contributed by atoms with Gasteiger partial charge in [-0.2, -0.15) is 13.2 Å². The largest absolute Gasteiger partial charge is 0.480 e. The fraction of sp³-hybridized carbons (Fsp3) is 0.571. The lowest BCUT2D eigenvalue weighted by Crippen LogP contribution is -2.41. The van der Waals surface area contributed by atoms with Crippen LogP contribution in [0.5, 0.6) is 0 Å². The summed E-state index contributed by atoms with van der Waals surface area (Å²) in [4.78, 5) is 0. The second kappa shape index (κ2) is 5.41. The number of benzene rings is 1. The van der Waals surface area contributed by atoms with E-state index >= 15 is 0 Å². The maximum absolute atomic E-state index is 12.9. The van der Waals surface area contributed by atoms with E-state index in [1.54, 1.807) is 0 Å². The molecule has 1 aliphatic rings. The SMILES string of the molecule is CC1(C)OB([C@H](N)c2cccc(C(F)(F)F)c2Cl)OC1(C)C. The van der Waals surface area contributed by atoms with E-state index in [4.69, 9.17) is 26.6 Å². The fourth-order valence-electron chi connectivity index (χ4n) is 2.21. The Balaban J connectivity index is 2.34. The summed E-state index contributed by atoms with van der Waals surface area (Å²) in [7, 11) is -0.869. The number of hydrogen-bond donors (Lipinski definition) is 1. The molecule has 0 unspecified atom stereocenters. The van der Waals surface area contributed by atoms with E-state index in [0.29, 0.717) is 0 Å². The molecular formula is C14H18BClF3NO2. The number of rotatable bonds is 2. The van der Waals surface area contributed by atoms with Crippen LogP contribution in [0.4, 0.5) is 13.2 Å². The van der Waals surface area contributed by atoms with Gasteiger partial charge in [0, 0.05) is 0 Å². The first kappa shape index (κ1) is 17.6. The molecule has 0 aliphatic carbocycles. The van der Waals surface area contributed by atoms with Gasteiger partial charge in [0.1, 0.15) is 0 Å². The molecule has 2 N–H and O–H groups in total. The van der Waals surface area contributed by atoms with Crippen molar-refractivity contribution in [2.75, 3.05) is 0 Å². The standard InChI is InChI=1S/C14H18BClF3NO2/c1-12(2)13(3,4)22-15(21-12)11(20)8-6-5-7-9(10(8)16)14(17,18)19/h5-7,11H,20H2,1-4H3/t11-/m1/s1. The second-order valence-electron chi connectivity index (χ2n) is 6.36. The van der Waals surface area contributed by atoms with E-state index in [1.807, 2.05) is 27.7 Å². The van der Waals surface area contributed by atoms with E-state index in [1.165, 1.54) is 12.1 Å². The highest BCUT2D eigenvalue weighted by Gasteiger charge is 2.53. The van der Waals surface area contributed by atoms with E-state index < -0.39 is 41.0 Å². The van der Waals surface area contributed by atoms with Crippen molar-refractivity contribution in [2.45, 2.75) is 51.0 Å². The van der Waals surface area contributed by atoms with Gasteiger partial charge < -0.3 is 15.0 Å². The maximum atomic E-state index is 12.9. The van der Waals surface area contributed by atoms with Crippen molar-refractivity contribution >= 4 is 18.7 Å². The minimum atomic E-state index is -4.54. The molecule has 1 aromatic carbocycles. The lowest BCUT2D eigenvalue weighted by molar-refractivity contribution is -0.137. The van der Waals surface area contributed by atoms with Gasteiger partial charge in [0.2, 0.25) is 0 Å². The number of halogens is 4. The molecule has 1 heterocycles. The molecule has 2 rings (SSSR count). The first-order valence-electron chi connectivity index (χ1n) is 6.83. The molecule has 0 bridgehead atoms. The van der Waals surface area contributed by atoms with Gasteiger partial charge in [-0.05, 0) is 39.3 Å². The van der Waals surface area contributed by atoms with Crippen molar-refractivity contribution in [1.29, 1.82) is 0 Å². The molecule has 122 valence electrons. The summed E-state index contributed by atoms with van der Waals surface area (Å²) in [5.74, 6) is -0.921. The molecule has 0 aromatic heterocycles. The molecule has 0 radical (unpaired) electrons. The molecule has 1 fully saturated rings. The Morgan fingerprint density at radius 1 is 1.14 bits per heavy atom. The van der Waals surface area contributed by atoms with Gasteiger partial charge in [-0.15, -0.1) is 0 Å². The van der Waals surface area contributed by atoms with E-state index in [0.717, 1.165) is 6.07 Å². The maximum Gasteiger partial charge on any atom is 0.480 e. The predicted molar refractivity (Wildman–Crippen MR) is 79.5 cm³/mol. The lowest BCUT2D eigenvalue weighted by atomic mass is 9.74. The summed E-state index contributed by atoms with van der Waals surface area (Å²) in [5, 5.41) is -0.419. The van der Waals surface area contributed by atoms with Crippen LogP contribution in [0.15, 0.2) is 18.2 Å². The summed E-state index contributed by atoms with van der Waals surface area (Å²) in [6.45, 7) is 7.36. The molecule has 1 saturated heterocycles. The van der Waals surface area contributed by atoms with Crippen LogP contribution in [-0.4, -0.2) is 18.3 Å². The van der Waals surface area contributed by atoms with Gasteiger partial charge in [-0.3, -0.25) is 0 Å². The molecule has 1 aromatic rings. The van der Waals surface area contributed by atoms with E-state index in [9.17, 15) is 13.2 Å². The topological polar surface area (TPSA) is 44.5 Å². The number of hydrogen-bond acceptors (Lipinski definition) is 3. The van der Waals surface area contributed by atoms with Crippen molar-refractivity contribution in [3.05, 3.63) is 34.3 Å². The second-order valence-corrected chi connectivity index (χ2v) is 6.74. The third-order valence-corrected chi connectivity index (χ3v) is 4.68. The molecule has 1 atom stereocenters. The summed E-state index contributed by atoms with van der Waals surface area (Å²) >= 11 is 5.90. The Morgan fingerprint density at radius 2 is 1.64 bits per heavy atom. The van der Waals surface area contributed by atoms with Crippen LogP contribution in [-0.2, 0) is 15.5 Å². The van der Waals surface area contributed by atoms with Crippen LogP contribution in [0, 0.1) is 0 Å². The molecule has 0 saturated carbocycles. The van der Waals surface area contributed by atoms with Crippen LogP contribution in [0.2, 0.25) is 5.02 Å². The third kappa shape index (κ3) is 3.00. The Kier molecular flexibility index (Phi) is 4.32. The van der Waals surface area contributed by atoms with Gasteiger partial charge in [0.05, 0.1) is 27.7 Å². The summed E-state index contributed by atoms with van der Waals surface area (Å²) in [6.07, 6.45) is -4.54. The molecule has 8 heteroatoms. The van der Waals surface area contributed by atoms with Gasteiger partial charge >= 0.3 is 13.3 Å². The van der Waals surface area contributed by atoms with Crippen LogP contribution in [0.3, 0.4) is 0 Å². The Bertz CT molecular complexity index is 562. The average Bonchev–Trinajstić information content (AvgIpc) is 2.56. The van der Waals surface area contributed by atoms with Gasteiger partial charge in [0.25, 0.3) is 0 Å². The minimum Gasteiger partial charge on any atom is -0.402 e. The minimum absolute atomic E-state index is 0.148. The zero-order chi connectivity index (χ0) is 16.9. The molecule has 0 spiro atoms. The Labute approximate surface area is 133 Å². The van der Waals surface area contributed by atoms with Crippen LogP contribution in [0.25, 0.3) is 0 Å². The molecule has 3 nitrogen and oxygen atoms in total. The van der Waals surface area contributed by atoms with Crippen molar-refractivity contribution in [3.63, 3.8) is 0 Å². The van der Waals surface area contributed by atoms with Crippen molar-refractivity contribution in [1.82, 2.24) is 0 Å². The summed E-state index contributed by atoms with van der Waals surface area (Å²) in [6, 6.07) is 3.64. The molecular weight excluding hydrogens is 317 g/mol. The third-order valence-electron chi connectivity index (χ3n) is 4.26. The van der Waals surface area contributed by atoms with Crippen LogP contribution in [0.1, 0.15) is 44.8 Å². The fourth-order valence-corrected chi connectivity index (χ4v) is 2.57. The van der Waals surface area contributed by atoms with E-state index in [2.05, 4.69) is 0 Å². The highest BCUT2D eigenvalue weighted by atomic mass is 35.5. The van der Waals surface area contributed by atoms with Crippen LogP contribution >= 0.6 is 11.6 Å². The van der Waals surface area contributed by atoms with Crippen molar-refractivity contribution < 1.29 is 22.5 Å². The normalized spacial score (nSPS) is 22.0. The van der Waals surface area contributed by atoms with Crippen molar-refractivity contribution in [3.8, 4) is 0 Å². The van der Waals surface area contributed by atoms with Gasteiger partial charge in [0.15, 0.2) is 0 Å². The number of alkyl halides is 3. The first-order valence-corrected chi connectivity index (χ1v) is 7.21. The van der Waals surface area contributed by atoms with Gasteiger partial charge in [-0.1, -0.05) is 23.7 Å². The van der Waals surface area contributed by atoms with Crippen molar-refractivity contribution in [2.24, 2.45) is 5.73 Å². The number of nitrogens with two attached hydrogens (primary N) is 1. The smallest absolute Gasteiger partial charge is 0.402 e. The lowest BCUT2D eigenvalue weighted by Gasteiger charge is -2.32. The summed E-state index contributed by atoms with van der Waals surface area (Å²) < 4.78 is 50.3. The molecule has 22 heavy (non-hydrogen) atoms. The molecule has 1 aliphatic heterocycles. The average molecular weight is 336 g/mol. The summed E-state index contributed by atoms with van der Waals surface area (Å²) in [5.41, 5.74) is 4.04. The highest BCUT2D eigenvalue weighted by Crippen LogP contribution is 2.42. The van der Waals surface area contributed by atoms with E-state index in [-0.39, 0.29) is 5.56 Å². The first-order chi connectivity index (χ1) is 9.87. The Hall–Kier alpha value is -0.755. The highest BCUT2D eigenvalue weighted by molar-refractivity contribution is 6.48. The predicted octanol–water partition coefficient (Wildman–Crippen LogP) is 3.99. The zero-order valence-electron chi connectivity index (χ0n) is 12.8. The van der Waals surface area contributed by atoms with Crippen LogP contribution < -0.4 is 5.73 Å². The molecule has 0 amide bonds. The monoisotopic (exact) mass is 335 g/mol. The quantitative estimate of drug-likeness (QED) is 0.831. The zero-order valence-corrected chi connectivity index (χ0v) is 13.5.